The van der Waals surface area contributed by atoms with Crippen molar-refractivity contribution in [2.24, 2.45) is 0 Å². The van der Waals surface area contributed by atoms with Crippen LogP contribution in [0.5, 0.6) is 0 Å². The fraction of sp³-hybridized carbons (Fsp3) is 0.294. The van der Waals surface area contributed by atoms with Gasteiger partial charge in [-0.05, 0) is 35.4 Å². The lowest BCUT2D eigenvalue weighted by Gasteiger charge is -2.14. The smallest absolute Gasteiger partial charge is 0.0103 e. The molecule has 0 aliphatic heterocycles. The zero-order chi connectivity index (χ0) is 12.8. The van der Waals surface area contributed by atoms with Crippen molar-refractivity contribution in [2.45, 2.75) is 25.7 Å². The molecule has 0 saturated heterocycles. The first-order chi connectivity index (χ1) is 8.83. The molecule has 1 unspecified atom stereocenters. The molecule has 0 aromatic heterocycles. The molecule has 0 N–H and O–H groups in total. The molecule has 0 aliphatic rings. The van der Waals surface area contributed by atoms with Gasteiger partial charge in [0.05, 0.1) is 0 Å². The molecule has 1 atom stereocenters. The van der Waals surface area contributed by atoms with Crippen LogP contribution in [-0.4, -0.2) is 5.33 Å². The van der Waals surface area contributed by atoms with E-state index < -0.39 is 0 Å². The minimum Gasteiger partial charge on any atom is -0.0921 e. The molecule has 0 saturated carbocycles. The number of alkyl halides is 1. The number of aryl methyl sites for hydroxylation is 1. The highest BCUT2D eigenvalue weighted by Gasteiger charge is 2.10. The number of hydrogen-bond acceptors (Lipinski definition) is 0. The number of hydrogen-bond donors (Lipinski definition) is 0. The van der Waals surface area contributed by atoms with Crippen molar-refractivity contribution in [3.05, 3.63) is 71.3 Å². The molecular weight excluding hydrogens is 284 g/mol. The highest BCUT2D eigenvalue weighted by Crippen LogP contribution is 2.23. The third-order valence-corrected chi connectivity index (χ3v) is 4.15. The first-order valence-electron chi connectivity index (χ1n) is 6.52. The zero-order valence-electron chi connectivity index (χ0n) is 10.8. The van der Waals surface area contributed by atoms with E-state index in [-0.39, 0.29) is 0 Å². The van der Waals surface area contributed by atoms with E-state index in [0.717, 1.165) is 18.2 Å². The predicted octanol–water partition coefficient (Wildman–Crippen LogP) is 4.97. The van der Waals surface area contributed by atoms with Crippen LogP contribution in [0.25, 0.3) is 0 Å². The van der Waals surface area contributed by atoms with Gasteiger partial charge in [0.2, 0.25) is 0 Å². The quantitative estimate of drug-likeness (QED) is 0.684. The van der Waals surface area contributed by atoms with E-state index in [1.807, 2.05) is 0 Å². The fourth-order valence-corrected chi connectivity index (χ4v) is 2.79. The predicted molar refractivity (Wildman–Crippen MR) is 82.5 cm³/mol. The summed E-state index contributed by atoms with van der Waals surface area (Å²) in [5.74, 6) is 0.554. The maximum atomic E-state index is 3.64. The van der Waals surface area contributed by atoms with Gasteiger partial charge in [-0.2, -0.15) is 0 Å². The molecule has 0 amide bonds. The van der Waals surface area contributed by atoms with Gasteiger partial charge in [0, 0.05) is 5.33 Å². The maximum absolute atomic E-state index is 3.64. The summed E-state index contributed by atoms with van der Waals surface area (Å²) in [7, 11) is 0. The standard InChI is InChI=1S/C17H19Br/c1-2-14-8-10-15(11-9-14)12-17(13-18)16-6-4-3-5-7-16/h3-11,17H,2,12-13H2,1H3. The molecule has 0 aliphatic carbocycles. The van der Waals surface area contributed by atoms with E-state index in [0.29, 0.717) is 5.92 Å². The Bertz CT molecular complexity index is 459. The molecule has 94 valence electrons. The third-order valence-electron chi connectivity index (χ3n) is 3.37. The molecule has 0 heterocycles. The van der Waals surface area contributed by atoms with Crippen molar-refractivity contribution < 1.29 is 0 Å². The maximum Gasteiger partial charge on any atom is 0.0103 e. The molecule has 2 aromatic carbocycles. The average Bonchev–Trinajstić information content (AvgIpc) is 2.46. The van der Waals surface area contributed by atoms with Gasteiger partial charge in [-0.25, -0.2) is 0 Å². The Morgan fingerprint density at radius 2 is 1.50 bits per heavy atom. The molecule has 2 rings (SSSR count). The summed E-state index contributed by atoms with van der Waals surface area (Å²) < 4.78 is 0. The van der Waals surface area contributed by atoms with Crippen LogP contribution in [0.1, 0.15) is 29.5 Å². The van der Waals surface area contributed by atoms with E-state index >= 15 is 0 Å². The lowest BCUT2D eigenvalue weighted by molar-refractivity contribution is 0.775. The minimum absolute atomic E-state index is 0.554. The van der Waals surface area contributed by atoms with Crippen LogP contribution in [0.2, 0.25) is 0 Å². The second kappa shape index (κ2) is 6.75. The van der Waals surface area contributed by atoms with E-state index in [1.165, 1.54) is 16.7 Å². The lowest BCUT2D eigenvalue weighted by Crippen LogP contribution is -2.04. The van der Waals surface area contributed by atoms with Crippen molar-refractivity contribution in [1.29, 1.82) is 0 Å². The van der Waals surface area contributed by atoms with Gasteiger partial charge >= 0.3 is 0 Å². The summed E-state index contributed by atoms with van der Waals surface area (Å²) in [4.78, 5) is 0. The first kappa shape index (κ1) is 13.4. The van der Waals surface area contributed by atoms with Crippen LogP contribution in [0.15, 0.2) is 54.6 Å². The molecule has 1 heteroatoms. The second-order valence-electron chi connectivity index (χ2n) is 4.64. The van der Waals surface area contributed by atoms with E-state index in [4.69, 9.17) is 0 Å². The van der Waals surface area contributed by atoms with Gasteiger partial charge in [-0.15, -0.1) is 0 Å². The Morgan fingerprint density at radius 3 is 2.06 bits per heavy atom. The molecule has 0 spiro atoms. The fourth-order valence-electron chi connectivity index (χ4n) is 2.18. The number of rotatable bonds is 5. The minimum atomic E-state index is 0.554. The molecular formula is C17H19Br. The summed E-state index contributed by atoms with van der Waals surface area (Å²) in [5, 5.41) is 1.01. The molecule has 0 bridgehead atoms. The Morgan fingerprint density at radius 1 is 0.889 bits per heavy atom. The molecule has 0 radical (unpaired) electrons. The van der Waals surface area contributed by atoms with Crippen molar-refractivity contribution in [3.63, 3.8) is 0 Å². The van der Waals surface area contributed by atoms with Gasteiger partial charge in [0.1, 0.15) is 0 Å². The highest BCUT2D eigenvalue weighted by atomic mass is 79.9. The summed E-state index contributed by atoms with van der Waals surface area (Å²) >= 11 is 3.64. The Hall–Kier alpha value is -1.08. The van der Waals surface area contributed by atoms with Crippen molar-refractivity contribution in [2.75, 3.05) is 5.33 Å². The summed E-state index contributed by atoms with van der Waals surface area (Å²) in [6.07, 6.45) is 2.21. The van der Waals surface area contributed by atoms with Crippen LogP contribution in [0.4, 0.5) is 0 Å². The van der Waals surface area contributed by atoms with Gasteiger partial charge in [0.15, 0.2) is 0 Å². The average molecular weight is 303 g/mol. The molecule has 18 heavy (non-hydrogen) atoms. The van der Waals surface area contributed by atoms with Gasteiger partial charge in [-0.1, -0.05) is 77.5 Å². The zero-order valence-corrected chi connectivity index (χ0v) is 12.4. The second-order valence-corrected chi connectivity index (χ2v) is 5.28. The van der Waals surface area contributed by atoms with E-state index in [1.54, 1.807) is 0 Å². The van der Waals surface area contributed by atoms with Crippen LogP contribution >= 0.6 is 15.9 Å². The topological polar surface area (TPSA) is 0 Å². The van der Waals surface area contributed by atoms with Crippen LogP contribution in [-0.2, 0) is 12.8 Å². The van der Waals surface area contributed by atoms with E-state index in [9.17, 15) is 0 Å². The third kappa shape index (κ3) is 3.46. The monoisotopic (exact) mass is 302 g/mol. The summed E-state index contributed by atoms with van der Waals surface area (Å²) in [6, 6.07) is 19.7. The van der Waals surface area contributed by atoms with Crippen molar-refractivity contribution in [1.82, 2.24) is 0 Å². The van der Waals surface area contributed by atoms with Crippen molar-refractivity contribution >= 4 is 15.9 Å². The summed E-state index contributed by atoms with van der Waals surface area (Å²) in [5.41, 5.74) is 4.24. The largest absolute Gasteiger partial charge is 0.0921 e. The van der Waals surface area contributed by atoms with E-state index in [2.05, 4.69) is 77.5 Å². The normalized spacial score (nSPS) is 12.3. The first-order valence-corrected chi connectivity index (χ1v) is 7.64. The lowest BCUT2D eigenvalue weighted by atomic mass is 9.93. The Kier molecular flexibility index (Phi) is 5.00. The van der Waals surface area contributed by atoms with Gasteiger partial charge in [0.25, 0.3) is 0 Å². The van der Waals surface area contributed by atoms with Crippen LogP contribution in [0, 0.1) is 0 Å². The SMILES string of the molecule is CCc1ccc(CC(CBr)c2ccccc2)cc1. The Balaban J connectivity index is 2.10. The van der Waals surface area contributed by atoms with Gasteiger partial charge < -0.3 is 0 Å². The van der Waals surface area contributed by atoms with Gasteiger partial charge in [-0.3, -0.25) is 0 Å². The molecule has 0 fully saturated rings. The molecule has 0 nitrogen and oxygen atoms in total. The Labute approximate surface area is 118 Å². The number of benzene rings is 2. The number of halogens is 1. The highest BCUT2D eigenvalue weighted by molar-refractivity contribution is 9.09. The van der Waals surface area contributed by atoms with Crippen LogP contribution < -0.4 is 0 Å². The van der Waals surface area contributed by atoms with Crippen LogP contribution in [0.3, 0.4) is 0 Å². The molecule has 2 aromatic rings. The van der Waals surface area contributed by atoms with Crippen molar-refractivity contribution in [3.8, 4) is 0 Å². The summed E-state index contributed by atoms with van der Waals surface area (Å²) in [6.45, 7) is 2.19.